The third-order valence-corrected chi connectivity index (χ3v) is 15.7. The van der Waals surface area contributed by atoms with Gasteiger partial charge in [0, 0.05) is 22.3 Å². The lowest BCUT2D eigenvalue weighted by molar-refractivity contribution is 0.768. The van der Waals surface area contributed by atoms with Crippen LogP contribution in [0.3, 0.4) is 0 Å². The van der Waals surface area contributed by atoms with E-state index in [4.69, 9.17) is 0 Å². The molecule has 0 unspecified atom stereocenters. The van der Waals surface area contributed by atoms with E-state index in [1.54, 1.807) is 0 Å². The van der Waals surface area contributed by atoms with Crippen LogP contribution in [0.15, 0.2) is 309 Å². The van der Waals surface area contributed by atoms with E-state index in [2.05, 4.69) is 314 Å². The van der Waals surface area contributed by atoms with Crippen molar-refractivity contribution in [3.63, 3.8) is 0 Å². The molecule has 13 aromatic carbocycles. The molecule has 0 aliphatic heterocycles. The first-order valence-corrected chi connectivity index (χ1v) is 26.3. The molecule has 0 aromatic heterocycles. The largest absolute Gasteiger partial charge is 0.309 e. The molecular formula is C75H51N. The monoisotopic (exact) mass is 965 g/mol. The second-order valence-electron chi connectivity index (χ2n) is 19.9. The number of hydrogen-bond acceptors (Lipinski definition) is 1. The molecule has 13 aromatic rings. The van der Waals surface area contributed by atoms with Crippen LogP contribution in [0.2, 0.25) is 0 Å². The molecule has 1 aliphatic carbocycles. The highest BCUT2D eigenvalue weighted by atomic mass is 15.1. The van der Waals surface area contributed by atoms with Crippen molar-refractivity contribution in [2.24, 2.45) is 0 Å². The summed E-state index contributed by atoms with van der Waals surface area (Å²) in [5.41, 5.74) is 22.0. The average Bonchev–Trinajstić information content (AvgIpc) is 3.91. The predicted octanol–water partition coefficient (Wildman–Crippen LogP) is 20.2. The molecule has 0 atom stereocenters. The summed E-state index contributed by atoms with van der Waals surface area (Å²) in [5.74, 6) is 0. The van der Waals surface area contributed by atoms with Gasteiger partial charge in [0.1, 0.15) is 0 Å². The van der Waals surface area contributed by atoms with Gasteiger partial charge in [-0.25, -0.2) is 0 Å². The Kier molecular flexibility index (Phi) is 11.2. The summed E-state index contributed by atoms with van der Waals surface area (Å²) in [7, 11) is 0. The van der Waals surface area contributed by atoms with Crippen molar-refractivity contribution in [2.75, 3.05) is 4.90 Å². The summed E-state index contributed by atoms with van der Waals surface area (Å²) in [5, 5.41) is 4.81. The molecule has 0 N–H and O–H groups in total. The minimum atomic E-state index is -0.644. The number of rotatable bonds is 10. The van der Waals surface area contributed by atoms with E-state index < -0.39 is 5.41 Å². The summed E-state index contributed by atoms with van der Waals surface area (Å²) in [6.45, 7) is 0. The molecule has 356 valence electrons. The van der Waals surface area contributed by atoms with Crippen LogP contribution in [0.4, 0.5) is 17.1 Å². The molecule has 76 heavy (non-hydrogen) atoms. The number of fused-ring (bicyclic) bond motifs is 6. The van der Waals surface area contributed by atoms with Gasteiger partial charge >= 0.3 is 0 Å². The van der Waals surface area contributed by atoms with Crippen LogP contribution < -0.4 is 4.90 Å². The Labute approximate surface area is 444 Å². The molecule has 0 saturated carbocycles. The lowest BCUT2D eigenvalue weighted by Crippen LogP contribution is -2.29. The van der Waals surface area contributed by atoms with Gasteiger partial charge in [-0.3, -0.25) is 0 Å². The van der Waals surface area contributed by atoms with Crippen LogP contribution >= 0.6 is 0 Å². The van der Waals surface area contributed by atoms with Crippen LogP contribution in [-0.4, -0.2) is 0 Å². The highest BCUT2D eigenvalue weighted by Gasteiger charge is 2.47. The first-order valence-electron chi connectivity index (χ1n) is 26.3. The zero-order chi connectivity index (χ0) is 50.4. The second-order valence-corrected chi connectivity index (χ2v) is 19.9. The zero-order valence-corrected chi connectivity index (χ0v) is 41.9. The van der Waals surface area contributed by atoms with Crippen molar-refractivity contribution in [1.82, 2.24) is 0 Å². The fourth-order valence-corrected chi connectivity index (χ4v) is 12.3. The van der Waals surface area contributed by atoms with E-state index in [1.807, 2.05) is 0 Å². The molecular weight excluding hydrogens is 915 g/mol. The van der Waals surface area contributed by atoms with Crippen molar-refractivity contribution < 1.29 is 0 Å². The summed E-state index contributed by atoms with van der Waals surface area (Å²) in [4.78, 5) is 2.55. The molecule has 0 saturated heterocycles. The predicted molar refractivity (Wildman–Crippen MR) is 321 cm³/mol. The van der Waals surface area contributed by atoms with Crippen LogP contribution in [0.25, 0.3) is 88.3 Å². The lowest BCUT2D eigenvalue weighted by Gasteiger charge is -2.35. The minimum Gasteiger partial charge on any atom is -0.309 e. The summed E-state index contributed by atoms with van der Waals surface area (Å²) in [6, 6.07) is 114. The van der Waals surface area contributed by atoms with Crippen LogP contribution in [-0.2, 0) is 5.41 Å². The molecule has 0 heterocycles. The van der Waals surface area contributed by atoms with Crippen molar-refractivity contribution in [2.45, 2.75) is 5.41 Å². The van der Waals surface area contributed by atoms with Gasteiger partial charge in [0.25, 0.3) is 0 Å². The molecule has 0 amide bonds. The first-order chi connectivity index (χ1) is 37.7. The van der Waals surface area contributed by atoms with E-state index >= 15 is 0 Å². The van der Waals surface area contributed by atoms with E-state index in [0.29, 0.717) is 0 Å². The van der Waals surface area contributed by atoms with Gasteiger partial charge in [0.2, 0.25) is 0 Å². The highest BCUT2D eigenvalue weighted by molar-refractivity contribution is 6.22. The molecule has 14 rings (SSSR count). The Bertz CT molecular complexity index is 4180. The molecule has 0 bridgehead atoms. The highest BCUT2D eigenvalue weighted by Crippen LogP contribution is 2.59. The summed E-state index contributed by atoms with van der Waals surface area (Å²) in [6.07, 6.45) is 0. The maximum absolute atomic E-state index is 2.55. The Morgan fingerprint density at radius 1 is 0.224 bits per heavy atom. The number of benzene rings is 13. The Morgan fingerprint density at radius 2 is 0.579 bits per heavy atom. The third kappa shape index (κ3) is 7.55. The van der Waals surface area contributed by atoms with E-state index in [-0.39, 0.29) is 0 Å². The first kappa shape index (κ1) is 44.8. The van der Waals surface area contributed by atoms with E-state index in [0.717, 1.165) is 28.2 Å². The number of hydrogen-bond donors (Lipinski definition) is 0. The normalized spacial score (nSPS) is 12.3. The summed E-state index contributed by atoms with van der Waals surface area (Å²) >= 11 is 0. The fourth-order valence-electron chi connectivity index (χ4n) is 12.3. The maximum Gasteiger partial charge on any atom is 0.0714 e. The van der Waals surface area contributed by atoms with E-state index in [1.165, 1.54) is 99.4 Å². The number of nitrogens with zero attached hydrogens (tertiary/aromatic N) is 1. The van der Waals surface area contributed by atoms with E-state index in [9.17, 15) is 0 Å². The third-order valence-electron chi connectivity index (χ3n) is 15.7. The Hall–Kier alpha value is -9.82. The molecule has 1 heteroatoms. The van der Waals surface area contributed by atoms with Gasteiger partial charge in [-0.05, 0) is 136 Å². The van der Waals surface area contributed by atoms with Crippen LogP contribution in [0.1, 0.15) is 22.3 Å². The molecule has 1 nitrogen and oxygen atoms in total. The standard InChI is InChI=1S/C75H51N/c1-6-21-52(22-7-1)55-37-39-57(40-38-55)73-69-35-18-16-33-65(69)66-34-17-19-36-70(66)74(73)76(63-44-41-56(42-45-63)59-28-20-27-58(49-59)53-23-8-2-9-24-53)64-46-48-68-67-47-43-60(54-25-10-3-11-26-54)50-71(67)75(72(68)51-64,61-29-12-4-13-30-61)62-31-14-5-15-32-62/h1-51H. The topological polar surface area (TPSA) is 3.24 Å². The van der Waals surface area contributed by atoms with Crippen molar-refractivity contribution in [1.29, 1.82) is 0 Å². The van der Waals surface area contributed by atoms with Gasteiger partial charge in [-0.1, -0.05) is 273 Å². The average molecular weight is 966 g/mol. The lowest BCUT2D eigenvalue weighted by atomic mass is 9.67. The van der Waals surface area contributed by atoms with Gasteiger partial charge in [0.05, 0.1) is 11.1 Å². The SMILES string of the molecule is c1ccc(-c2ccc(-c3c(N(c4ccc(-c5cccc(-c6ccccc6)c5)cc4)c4ccc5c(c4)C(c4ccccc4)(c4ccccc4)c4cc(-c6ccccc6)ccc4-5)c4ccccc4c4ccccc34)cc2)cc1. The van der Waals surface area contributed by atoms with Gasteiger partial charge in [-0.15, -0.1) is 0 Å². The minimum absolute atomic E-state index is 0.644. The van der Waals surface area contributed by atoms with Gasteiger partial charge < -0.3 is 4.90 Å². The summed E-state index contributed by atoms with van der Waals surface area (Å²) < 4.78 is 0. The van der Waals surface area contributed by atoms with Gasteiger partial charge in [0.15, 0.2) is 0 Å². The zero-order valence-electron chi connectivity index (χ0n) is 41.9. The van der Waals surface area contributed by atoms with Crippen LogP contribution in [0, 0.1) is 0 Å². The van der Waals surface area contributed by atoms with Gasteiger partial charge in [-0.2, -0.15) is 0 Å². The Balaban J connectivity index is 1.05. The Morgan fingerprint density at radius 3 is 1.14 bits per heavy atom. The second kappa shape index (κ2) is 18.9. The number of anilines is 3. The molecule has 0 radical (unpaired) electrons. The molecule has 0 fully saturated rings. The quantitative estimate of drug-likeness (QED) is 0.123. The smallest absolute Gasteiger partial charge is 0.0714 e. The van der Waals surface area contributed by atoms with Crippen molar-refractivity contribution >= 4 is 38.6 Å². The van der Waals surface area contributed by atoms with Crippen molar-refractivity contribution in [3.05, 3.63) is 332 Å². The fraction of sp³-hybridized carbons (Fsp3) is 0.0133. The van der Waals surface area contributed by atoms with Crippen molar-refractivity contribution in [3.8, 4) is 66.8 Å². The van der Waals surface area contributed by atoms with Crippen LogP contribution in [0.5, 0.6) is 0 Å². The molecule has 1 aliphatic rings. The maximum atomic E-state index is 2.55. The molecule has 0 spiro atoms.